The van der Waals surface area contributed by atoms with Crippen LogP contribution in [0.1, 0.15) is 0 Å². The molecule has 0 unspecified atom stereocenters. The second-order valence-electron chi connectivity index (χ2n) is 9.09. The van der Waals surface area contributed by atoms with E-state index in [9.17, 15) is 4.79 Å². The molecule has 0 spiro atoms. The summed E-state index contributed by atoms with van der Waals surface area (Å²) >= 11 is 8.86. The highest BCUT2D eigenvalue weighted by molar-refractivity contribution is 8.01. The Morgan fingerprint density at radius 1 is 0.875 bits per heavy atom. The molecule has 0 atom stereocenters. The number of anilines is 5. The van der Waals surface area contributed by atoms with E-state index >= 15 is 0 Å². The third-order valence-corrected chi connectivity index (χ3v) is 8.69. The van der Waals surface area contributed by atoms with E-state index in [1.807, 2.05) is 18.2 Å². The number of carbonyl (C=O) groups is 1. The van der Waals surface area contributed by atoms with Crippen LogP contribution in [0.4, 0.5) is 29.2 Å². The van der Waals surface area contributed by atoms with Gasteiger partial charge in [-0.2, -0.15) is 15.0 Å². The normalized spacial score (nSPS) is 15.8. The lowest BCUT2D eigenvalue weighted by atomic mass is 10.3. The standard InChI is InChI=1S/C26H27ClN8O3S2/c27-17-1-3-18(4-2-17)28-22(36)16-39-26-30-20-6-5-19(15-21(20)40-26)29-23-31-24(34-7-11-37-12-8-34)33-25(32-23)35-9-13-38-14-10-35/h1-6,15H,7-14,16H2,(H,28,36)(H,29,31,32,33). The van der Waals surface area contributed by atoms with Crippen LogP contribution in [0, 0.1) is 0 Å². The first kappa shape index (κ1) is 27.0. The Balaban J connectivity index is 1.16. The molecule has 0 bridgehead atoms. The van der Waals surface area contributed by atoms with E-state index in [2.05, 4.69) is 25.4 Å². The van der Waals surface area contributed by atoms with Gasteiger partial charge < -0.3 is 29.9 Å². The third-order valence-electron chi connectivity index (χ3n) is 6.28. The SMILES string of the molecule is O=C(CSc1nc2ccc(Nc3nc(N4CCOCC4)nc(N4CCOCC4)n3)cc2s1)Nc1ccc(Cl)cc1. The highest BCUT2D eigenvalue weighted by atomic mass is 35.5. The van der Waals surface area contributed by atoms with E-state index in [1.165, 1.54) is 11.8 Å². The average Bonchev–Trinajstić information content (AvgIpc) is 3.40. The molecule has 6 rings (SSSR count). The number of amides is 1. The molecule has 2 saturated heterocycles. The summed E-state index contributed by atoms with van der Waals surface area (Å²) in [6, 6.07) is 13.0. The van der Waals surface area contributed by atoms with Crippen molar-refractivity contribution in [1.29, 1.82) is 0 Å². The van der Waals surface area contributed by atoms with Gasteiger partial charge in [0, 0.05) is 42.6 Å². The van der Waals surface area contributed by atoms with Gasteiger partial charge in [0.1, 0.15) is 0 Å². The molecule has 4 heterocycles. The van der Waals surface area contributed by atoms with Gasteiger partial charge in [-0.1, -0.05) is 23.4 Å². The molecule has 2 fully saturated rings. The van der Waals surface area contributed by atoms with Gasteiger partial charge in [0.25, 0.3) is 0 Å². The minimum absolute atomic E-state index is 0.101. The Morgan fingerprint density at radius 2 is 1.50 bits per heavy atom. The number of morpholine rings is 2. The number of ether oxygens (including phenoxy) is 2. The Labute approximate surface area is 244 Å². The van der Waals surface area contributed by atoms with Crippen LogP contribution in [0.3, 0.4) is 0 Å². The summed E-state index contributed by atoms with van der Waals surface area (Å²) in [5.41, 5.74) is 2.43. The molecule has 0 radical (unpaired) electrons. The van der Waals surface area contributed by atoms with Gasteiger partial charge in [-0.15, -0.1) is 11.3 Å². The highest BCUT2D eigenvalue weighted by Crippen LogP contribution is 2.32. The van der Waals surface area contributed by atoms with Gasteiger partial charge in [-0.05, 0) is 42.5 Å². The molecule has 1 amide bonds. The predicted octanol–water partition coefficient (Wildman–Crippen LogP) is 4.28. The number of rotatable bonds is 8. The van der Waals surface area contributed by atoms with Crippen LogP contribution in [0.5, 0.6) is 0 Å². The minimum Gasteiger partial charge on any atom is -0.378 e. The molecule has 0 aliphatic carbocycles. The number of thioether (sulfide) groups is 1. The van der Waals surface area contributed by atoms with Crippen molar-refractivity contribution in [1.82, 2.24) is 19.9 Å². The van der Waals surface area contributed by atoms with Crippen LogP contribution < -0.4 is 20.4 Å². The van der Waals surface area contributed by atoms with Gasteiger partial charge in [0.15, 0.2) is 4.34 Å². The summed E-state index contributed by atoms with van der Waals surface area (Å²) in [5.74, 6) is 1.91. The molecule has 4 aromatic rings. The monoisotopic (exact) mass is 598 g/mol. The number of nitrogens with zero attached hydrogens (tertiary/aromatic N) is 6. The number of fused-ring (bicyclic) bond motifs is 1. The largest absolute Gasteiger partial charge is 0.378 e. The zero-order valence-electron chi connectivity index (χ0n) is 21.5. The molecular formula is C26H27ClN8O3S2. The van der Waals surface area contributed by atoms with E-state index in [-0.39, 0.29) is 11.7 Å². The number of benzene rings is 2. The Hall–Kier alpha value is -3.23. The third kappa shape index (κ3) is 6.73. The summed E-state index contributed by atoms with van der Waals surface area (Å²) in [4.78, 5) is 35.6. The zero-order valence-corrected chi connectivity index (χ0v) is 23.9. The average molecular weight is 599 g/mol. The maximum atomic E-state index is 12.4. The fourth-order valence-electron chi connectivity index (χ4n) is 4.25. The summed E-state index contributed by atoms with van der Waals surface area (Å²) in [5, 5.41) is 6.87. The molecule has 208 valence electrons. The van der Waals surface area contributed by atoms with Crippen LogP contribution in [-0.4, -0.2) is 84.2 Å². The lowest BCUT2D eigenvalue weighted by Gasteiger charge is -2.30. The van der Waals surface area contributed by atoms with Crippen LogP contribution in [0.2, 0.25) is 5.02 Å². The van der Waals surface area contributed by atoms with E-state index in [0.717, 1.165) is 46.4 Å². The Kier molecular flexibility index (Phi) is 8.44. The Bertz CT molecular complexity index is 1440. The number of halogens is 1. The second-order valence-corrected chi connectivity index (χ2v) is 11.8. The fourth-order valence-corrected chi connectivity index (χ4v) is 6.28. The maximum absolute atomic E-state index is 12.4. The van der Waals surface area contributed by atoms with Crippen molar-refractivity contribution in [3.05, 3.63) is 47.5 Å². The minimum atomic E-state index is -0.101. The van der Waals surface area contributed by atoms with Crippen molar-refractivity contribution in [3.63, 3.8) is 0 Å². The van der Waals surface area contributed by atoms with Crippen molar-refractivity contribution >= 4 is 80.0 Å². The second kappa shape index (κ2) is 12.5. The van der Waals surface area contributed by atoms with Gasteiger partial charge >= 0.3 is 0 Å². The number of nitrogens with one attached hydrogen (secondary N) is 2. The summed E-state index contributed by atoms with van der Waals surface area (Å²) in [6.07, 6.45) is 0. The summed E-state index contributed by atoms with van der Waals surface area (Å²) in [6.45, 7) is 5.51. The highest BCUT2D eigenvalue weighted by Gasteiger charge is 2.21. The smallest absolute Gasteiger partial charge is 0.234 e. The molecule has 0 saturated carbocycles. The molecule has 2 aliphatic rings. The van der Waals surface area contributed by atoms with Gasteiger partial charge in [0.2, 0.25) is 23.8 Å². The van der Waals surface area contributed by atoms with Gasteiger partial charge in [-0.25, -0.2) is 4.98 Å². The van der Waals surface area contributed by atoms with E-state index in [1.54, 1.807) is 35.6 Å². The van der Waals surface area contributed by atoms with Crippen molar-refractivity contribution in [2.45, 2.75) is 4.34 Å². The Morgan fingerprint density at radius 3 is 2.15 bits per heavy atom. The molecule has 40 heavy (non-hydrogen) atoms. The first-order valence-electron chi connectivity index (χ1n) is 12.9. The summed E-state index contributed by atoms with van der Waals surface area (Å²) in [7, 11) is 0. The van der Waals surface area contributed by atoms with E-state index < -0.39 is 0 Å². The lowest BCUT2D eigenvalue weighted by Crippen LogP contribution is -2.40. The molecule has 2 aromatic carbocycles. The van der Waals surface area contributed by atoms with Crippen molar-refractivity contribution in [2.75, 3.05) is 78.8 Å². The first-order valence-corrected chi connectivity index (χ1v) is 15.0. The van der Waals surface area contributed by atoms with E-state index in [4.69, 9.17) is 36.0 Å². The van der Waals surface area contributed by atoms with E-state index in [0.29, 0.717) is 55.0 Å². The number of carbonyl (C=O) groups excluding carboxylic acids is 1. The molecule has 14 heteroatoms. The number of aromatic nitrogens is 4. The fraction of sp³-hybridized carbons (Fsp3) is 0.346. The number of hydrogen-bond donors (Lipinski definition) is 2. The number of thiazole rings is 1. The van der Waals surface area contributed by atoms with Crippen LogP contribution >= 0.6 is 34.7 Å². The maximum Gasteiger partial charge on any atom is 0.234 e. The molecule has 2 N–H and O–H groups in total. The van der Waals surface area contributed by atoms with Crippen LogP contribution in [0.25, 0.3) is 10.2 Å². The topological polar surface area (TPSA) is 118 Å². The van der Waals surface area contributed by atoms with Crippen molar-refractivity contribution in [2.24, 2.45) is 0 Å². The quantitative estimate of drug-likeness (QED) is 0.283. The molecule has 11 nitrogen and oxygen atoms in total. The van der Waals surface area contributed by atoms with Crippen molar-refractivity contribution in [3.8, 4) is 0 Å². The van der Waals surface area contributed by atoms with Crippen LogP contribution in [0.15, 0.2) is 46.8 Å². The predicted molar refractivity (Wildman–Crippen MR) is 160 cm³/mol. The van der Waals surface area contributed by atoms with Crippen molar-refractivity contribution < 1.29 is 14.3 Å². The number of hydrogen-bond acceptors (Lipinski definition) is 12. The molecular weight excluding hydrogens is 572 g/mol. The first-order chi connectivity index (χ1) is 19.6. The molecule has 2 aromatic heterocycles. The summed E-state index contributed by atoms with van der Waals surface area (Å²) < 4.78 is 12.8. The van der Waals surface area contributed by atoms with Gasteiger partial charge in [-0.3, -0.25) is 4.79 Å². The molecule has 2 aliphatic heterocycles. The lowest BCUT2D eigenvalue weighted by molar-refractivity contribution is -0.113. The zero-order chi connectivity index (χ0) is 27.3. The van der Waals surface area contributed by atoms with Gasteiger partial charge in [0.05, 0.1) is 42.4 Å². The van der Waals surface area contributed by atoms with Crippen LogP contribution in [-0.2, 0) is 14.3 Å².